The smallest absolute Gasteiger partial charge is 0.368 e. The van der Waals surface area contributed by atoms with E-state index in [2.05, 4.69) is 128 Å². The summed E-state index contributed by atoms with van der Waals surface area (Å²) in [6.07, 6.45) is 20.5. The molecule has 4 saturated heterocycles. The summed E-state index contributed by atoms with van der Waals surface area (Å²) < 4.78 is 63.9. The van der Waals surface area contributed by atoms with Crippen molar-refractivity contribution in [2.45, 2.75) is 125 Å². The lowest BCUT2D eigenvalue weighted by molar-refractivity contribution is 0.0790. The lowest BCUT2D eigenvalue weighted by Crippen LogP contribution is -2.19. The monoisotopic (exact) mass is 1210 g/mol. The van der Waals surface area contributed by atoms with Crippen LogP contribution >= 0.6 is 42.5 Å². The van der Waals surface area contributed by atoms with E-state index in [0.717, 1.165) is 41.6 Å². The van der Waals surface area contributed by atoms with E-state index >= 15 is 0 Å². The molecule has 80 heavy (non-hydrogen) atoms. The van der Waals surface area contributed by atoms with E-state index in [-0.39, 0.29) is 33.9 Å². The van der Waals surface area contributed by atoms with Gasteiger partial charge >= 0.3 is 40.7 Å². The van der Waals surface area contributed by atoms with Gasteiger partial charge in [0.2, 0.25) is 0 Å². The maximum Gasteiger partial charge on any atom is 0.400 e. The number of ether oxygens (including phenoxy) is 1. The van der Waals surface area contributed by atoms with Crippen molar-refractivity contribution in [2.24, 2.45) is 0 Å². The molecule has 4 aliphatic heterocycles. The Labute approximate surface area is 499 Å². The second kappa shape index (κ2) is 37.6. The van der Waals surface area contributed by atoms with Gasteiger partial charge in [0.1, 0.15) is 0 Å². The second-order valence-electron chi connectivity index (χ2n) is 22.1. The van der Waals surface area contributed by atoms with Crippen molar-refractivity contribution in [3.05, 3.63) is 179 Å². The molecule has 0 bridgehead atoms. The predicted molar refractivity (Wildman–Crippen MR) is 359 cm³/mol. The van der Waals surface area contributed by atoms with Crippen molar-refractivity contribution in [1.29, 1.82) is 0 Å². The summed E-state index contributed by atoms with van der Waals surface area (Å²) in [5.74, 6) is 0.352. The number of hydrogen-bond acceptors (Lipinski definition) is 9. The summed E-state index contributed by atoms with van der Waals surface area (Å²) in [7, 11) is 14.0. The van der Waals surface area contributed by atoms with Crippen LogP contribution in [-0.2, 0) is 69.9 Å². The van der Waals surface area contributed by atoms with Crippen LogP contribution in [0.2, 0.25) is 0 Å². The fourth-order valence-corrected chi connectivity index (χ4v) is 19.9. The van der Waals surface area contributed by atoms with Gasteiger partial charge in [-0.15, -0.1) is 0 Å². The molecule has 9 rings (SSSR count). The molecule has 4 heterocycles. The van der Waals surface area contributed by atoms with Crippen LogP contribution in [0.5, 0.6) is 0 Å². The maximum atomic E-state index is 11.2. The molecule has 4 aliphatic rings. The Balaban J connectivity index is 0.000000213. The lowest BCUT2D eigenvalue weighted by atomic mass is 10.0. The highest BCUT2D eigenvalue weighted by Gasteiger charge is 2.42. The number of thiol groups is 1. The topological polar surface area (TPSA) is 105 Å². The van der Waals surface area contributed by atoms with Gasteiger partial charge in [-0.2, -0.15) is 29.5 Å². The van der Waals surface area contributed by atoms with E-state index in [1.807, 2.05) is 67.3 Å². The van der Waals surface area contributed by atoms with E-state index in [9.17, 15) is 16.8 Å². The molecule has 8 nitrogen and oxygen atoms in total. The van der Waals surface area contributed by atoms with Gasteiger partial charge in [-0.05, 0) is 120 Å². The van der Waals surface area contributed by atoms with E-state index < -0.39 is 41.9 Å². The third-order valence-corrected chi connectivity index (χ3v) is 26.9. The van der Waals surface area contributed by atoms with Gasteiger partial charge in [0, 0.05) is 70.8 Å². The van der Waals surface area contributed by atoms with Gasteiger partial charge in [0.05, 0.1) is 54.6 Å². The molecule has 0 N–H and O–H groups in total. The first kappa shape index (κ1) is 70.7. The van der Waals surface area contributed by atoms with Gasteiger partial charge < -0.3 is 4.74 Å². The highest BCUT2D eigenvalue weighted by atomic mass is 32.3. The Kier molecular flexibility index (Phi) is 33.2. The van der Waals surface area contributed by atoms with Crippen LogP contribution in [0, 0.1) is 0 Å². The molecule has 0 saturated carbocycles. The van der Waals surface area contributed by atoms with Crippen LogP contribution in [0.4, 0.5) is 0 Å². The van der Waals surface area contributed by atoms with Gasteiger partial charge in [-0.25, -0.2) is 8.37 Å². The Morgan fingerprint density at radius 1 is 0.600 bits per heavy atom. The molecule has 0 spiro atoms. The van der Waals surface area contributed by atoms with Crippen LogP contribution in [0.15, 0.2) is 152 Å². The Hall–Kier alpha value is -1.83. The van der Waals surface area contributed by atoms with Crippen molar-refractivity contribution in [3.63, 3.8) is 0 Å². The maximum absolute atomic E-state index is 11.2. The van der Waals surface area contributed by atoms with Crippen LogP contribution in [0.25, 0.3) is 0 Å². The predicted octanol–water partition coefficient (Wildman–Crippen LogP) is 13.4. The largest absolute Gasteiger partial charge is 0.400 e. The van der Waals surface area contributed by atoms with E-state index in [4.69, 9.17) is 43.4 Å². The molecule has 9 atom stereocenters. The molecule has 5 aromatic rings. The molecule has 19 heteroatoms. The highest BCUT2D eigenvalue weighted by molar-refractivity contribution is 7.98. The zero-order valence-corrected chi connectivity index (χ0v) is 54.8. The average Bonchev–Trinajstić information content (AvgIpc) is 4.04. The zero-order valence-electron chi connectivity index (χ0n) is 48.4. The molecule has 4 unspecified atom stereocenters. The van der Waals surface area contributed by atoms with Crippen LogP contribution in [-0.4, -0.2) is 147 Å². The van der Waals surface area contributed by atoms with Gasteiger partial charge in [-0.1, -0.05) is 160 Å². The van der Waals surface area contributed by atoms with E-state index in [0.29, 0.717) is 31.6 Å². The first-order valence-electron chi connectivity index (χ1n) is 28.4. The van der Waals surface area contributed by atoms with Crippen LogP contribution in [0.3, 0.4) is 0 Å². The number of benzene rings is 5. The standard InChI is InChI=1S/C13H20O4S2.3C12H17BP.C11H14O4S.CH5BP/c1-19(14,15)17-9-5-8-13(16-11-18)10-12-6-3-2-4-7-12;3*1-14(13)9-5-8-12(14)10-11-6-3-2-4-7-11;12-16(13)14-8-4-7-11(15-16)9-10-5-2-1-3-6-10;1-3-2/h2-4,6-7,13,18H,5,8-11H2,1H3;3*2-4,6-7,12H,5,8-10H2,1H3;1-3,5-6,11H,4,7-9H2;3H2,1H3/q;3*+1;;+1/t13-;3*12-,14?;11-;/m10001./s1. The van der Waals surface area contributed by atoms with Crippen molar-refractivity contribution in [2.75, 3.05) is 70.6 Å². The fourth-order valence-electron chi connectivity index (χ4n) is 10.5. The summed E-state index contributed by atoms with van der Waals surface area (Å²) in [4.78, 5) is 0. The molecule has 5 aromatic carbocycles. The number of hydrogen-bond donors (Lipinski definition) is 1. The van der Waals surface area contributed by atoms with Crippen molar-refractivity contribution in [1.82, 2.24) is 0 Å². The van der Waals surface area contributed by atoms with Crippen molar-refractivity contribution < 1.29 is 34.1 Å². The Bertz CT molecular complexity index is 2490. The highest BCUT2D eigenvalue weighted by Crippen LogP contribution is 2.64. The number of rotatable bonds is 17. The summed E-state index contributed by atoms with van der Waals surface area (Å²) in [5, 5.41) is 0. The molecule has 0 aromatic heterocycles. The zero-order chi connectivity index (χ0) is 58.3. The summed E-state index contributed by atoms with van der Waals surface area (Å²) >= 11 is 4.07. The fraction of sp³-hybridized carbons (Fsp3) is 0.508. The lowest BCUT2D eigenvalue weighted by Gasteiger charge is -2.20. The minimum atomic E-state index is -3.79. The minimum Gasteiger partial charge on any atom is -0.368 e. The normalized spacial score (nSPS) is 25.3. The van der Waals surface area contributed by atoms with Crippen molar-refractivity contribution in [3.8, 4) is 0 Å². The quantitative estimate of drug-likeness (QED) is 0.0245. The second-order valence-corrected chi connectivity index (χ2v) is 37.5. The SMILES string of the molecule is CS(=O)(=O)OCCC[C@H](Cc1ccccc1)OCS.O=S1(=O)OCCC[C@H](Cc2ccccc2)O1.[B][P+]1(C)CCC[C@H]1Cc1ccccc1.[B][P+]1(C)CCC[C@H]1Cc1ccccc1.[B][P+]1(C)CCC[C@H]1Cc1ccccc1.[B][PH2+]C. The minimum absolute atomic E-state index is 0.0306. The van der Waals surface area contributed by atoms with E-state index in [1.54, 1.807) is 0 Å². The van der Waals surface area contributed by atoms with Gasteiger partial charge in [-0.3, -0.25) is 4.18 Å². The molecule has 0 amide bonds. The van der Waals surface area contributed by atoms with E-state index in [1.165, 1.54) is 98.5 Å². The molecular formula is C61H90B4O8P4S3+4. The molecular weight excluding hydrogens is 1120 g/mol. The first-order valence-corrected chi connectivity index (χ1v) is 41.7. The average molecular weight is 1210 g/mol. The third kappa shape index (κ3) is 29.3. The van der Waals surface area contributed by atoms with Crippen LogP contribution < -0.4 is 0 Å². The Morgan fingerprint density at radius 2 is 0.950 bits per heavy atom. The summed E-state index contributed by atoms with van der Waals surface area (Å²) in [6, 6.07) is 52.0. The molecule has 8 radical (unpaired) electrons. The van der Waals surface area contributed by atoms with Crippen LogP contribution in [0.1, 0.15) is 92.0 Å². The molecule has 4 fully saturated rings. The summed E-state index contributed by atoms with van der Waals surface area (Å²) in [5.41, 5.74) is 8.98. The van der Waals surface area contributed by atoms with Gasteiger partial charge in [0.25, 0.3) is 10.1 Å². The third-order valence-electron chi connectivity index (χ3n) is 15.0. The van der Waals surface area contributed by atoms with Crippen molar-refractivity contribution >= 4 is 93.3 Å². The molecule has 428 valence electrons. The first-order chi connectivity index (χ1) is 38.1. The molecule has 0 aliphatic carbocycles. The Morgan fingerprint density at radius 3 is 1.27 bits per heavy atom. The summed E-state index contributed by atoms with van der Waals surface area (Å²) in [6.45, 7) is 9.34. The van der Waals surface area contributed by atoms with Gasteiger partial charge in [0.15, 0.2) is 0 Å².